The molecule has 0 saturated heterocycles. The second kappa shape index (κ2) is 19.3. The van der Waals surface area contributed by atoms with Gasteiger partial charge in [0.1, 0.15) is 16.7 Å². The van der Waals surface area contributed by atoms with Gasteiger partial charge in [-0.3, -0.25) is 29.2 Å². The quantitative estimate of drug-likeness (QED) is 0.0451. The van der Waals surface area contributed by atoms with Crippen molar-refractivity contribution in [2.75, 3.05) is 70.8 Å². The molecule has 4 rings (SSSR count). The van der Waals surface area contributed by atoms with E-state index < -0.39 is 35.3 Å². The van der Waals surface area contributed by atoms with Crippen LogP contribution in [0.4, 0.5) is 5.69 Å². The third-order valence-electron chi connectivity index (χ3n) is 7.86. The average molecular weight is 750 g/mol. The van der Waals surface area contributed by atoms with Crippen molar-refractivity contribution in [2.24, 2.45) is 26.9 Å². The number of nitrogens with zero attached hydrogens (tertiary/aromatic N) is 3. The molecule has 1 aliphatic carbocycles. The number of fused-ring (bicyclic) bond motifs is 1. The maximum atomic E-state index is 13.7. The van der Waals surface area contributed by atoms with Crippen LogP contribution in [0.25, 0.3) is 10.2 Å². The number of thiazole rings is 1. The van der Waals surface area contributed by atoms with Crippen molar-refractivity contribution in [2.45, 2.75) is 37.8 Å². The summed E-state index contributed by atoms with van der Waals surface area (Å²) < 4.78 is 16.1. The Labute approximate surface area is 301 Å². The van der Waals surface area contributed by atoms with Gasteiger partial charge in [-0.2, -0.15) is 0 Å². The van der Waals surface area contributed by atoms with Gasteiger partial charge in [0.25, 0.3) is 0 Å². The number of benzene rings is 1. The number of aliphatic carboxylic acids is 1. The lowest BCUT2D eigenvalue weighted by Gasteiger charge is -2.18. The first-order valence-corrected chi connectivity index (χ1v) is 18.0. The summed E-state index contributed by atoms with van der Waals surface area (Å²) in [6.07, 6.45) is 1.22. The fourth-order valence-corrected chi connectivity index (χ4v) is 7.21. The number of aliphatic imine (C=N–C) groups is 2. The van der Waals surface area contributed by atoms with Gasteiger partial charge in [0, 0.05) is 44.1 Å². The van der Waals surface area contributed by atoms with Gasteiger partial charge in [-0.05, 0) is 37.5 Å². The van der Waals surface area contributed by atoms with E-state index in [9.17, 15) is 29.1 Å². The Kier molecular flexibility index (Phi) is 14.9. The van der Waals surface area contributed by atoms with Crippen molar-refractivity contribution in [3.05, 3.63) is 23.2 Å². The van der Waals surface area contributed by atoms with E-state index in [1.807, 2.05) is 0 Å². The van der Waals surface area contributed by atoms with Gasteiger partial charge in [-0.15, -0.1) is 23.1 Å². The van der Waals surface area contributed by atoms with Gasteiger partial charge in [-0.1, -0.05) is 0 Å². The van der Waals surface area contributed by atoms with Crippen molar-refractivity contribution in [3.8, 4) is 0 Å². The number of thioether (sulfide) groups is 1. The van der Waals surface area contributed by atoms with Crippen LogP contribution in [0, 0.1) is 5.41 Å². The molecule has 1 saturated carbocycles. The zero-order chi connectivity index (χ0) is 36.8. The Balaban J connectivity index is 1.24. The molecule has 3 unspecified atom stereocenters. The van der Waals surface area contributed by atoms with Crippen molar-refractivity contribution >= 4 is 79.6 Å². The van der Waals surface area contributed by atoms with Gasteiger partial charge in [0.2, 0.25) is 23.6 Å². The summed E-state index contributed by atoms with van der Waals surface area (Å²) in [5.74, 6) is -2.26. The molecular weight excluding hydrogens is 707 g/mol. The largest absolute Gasteiger partial charge is 0.480 e. The van der Waals surface area contributed by atoms with Crippen molar-refractivity contribution < 1.29 is 43.3 Å². The summed E-state index contributed by atoms with van der Waals surface area (Å²) in [6, 6.07) is 4.00. The zero-order valence-electron chi connectivity index (χ0n) is 28.1. The molecule has 0 radical (unpaired) electrons. The van der Waals surface area contributed by atoms with Gasteiger partial charge in [-0.25, -0.2) is 9.78 Å². The summed E-state index contributed by atoms with van der Waals surface area (Å²) in [5.41, 5.74) is 11.2. The number of carbonyl (C=O) groups is 5. The van der Waals surface area contributed by atoms with Crippen LogP contribution in [0.1, 0.15) is 30.7 Å². The third kappa shape index (κ3) is 12.1. The molecular formula is C31H43N9O9S2. The average Bonchev–Trinajstić information content (AvgIpc) is 3.38. The molecule has 2 aromatic rings. The van der Waals surface area contributed by atoms with Crippen LogP contribution < -0.4 is 32.7 Å². The lowest BCUT2D eigenvalue weighted by atomic mass is 9.97. The van der Waals surface area contributed by atoms with Gasteiger partial charge < -0.3 is 52.1 Å². The first-order valence-electron chi connectivity index (χ1n) is 16.2. The van der Waals surface area contributed by atoms with E-state index in [0.717, 1.165) is 4.70 Å². The fraction of sp³-hybridized carbons (Fsp3) is 0.548. The molecule has 0 bridgehead atoms. The van der Waals surface area contributed by atoms with E-state index in [-0.39, 0.29) is 50.5 Å². The van der Waals surface area contributed by atoms with Gasteiger partial charge in [0.15, 0.2) is 12.0 Å². The minimum absolute atomic E-state index is 0.0406. The Morgan fingerprint density at radius 2 is 1.84 bits per heavy atom. The Morgan fingerprint density at radius 1 is 1.06 bits per heavy atom. The van der Waals surface area contributed by atoms with Crippen LogP contribution in [0.15, 0.2) is 28.2 Å². The molecule has 18 nitrogen and oxygen atoms in total. The molecule has 4 amide bonds. The molecule has 0 spiro atoms. The second-order valence-electron chi connectivity index (χ2n) is 11.7. The van der Waals surface area contributed by atoms with Crippen LogP contribution in [0.3, 0.4) is 0 Å². The standard InChI is InChI=1S/C31H43N9O9S2/c1-47-9-10-48-11-12-49-16-25(43)34-8-5-23(41)36-15-24(42)40-22-14-31(22,6-2-7-35-30(32)33)29(46)37-18-3-4-19-21(13-18)51-27(38-19)26-39-20(17-50-26)28(44)45/h3-4,13,20,22H,2,5-12,14-17H2,1H3,(H,34,43)(H,36,41)(H,37,46)(H,40,42)(H,44,45)(H4,32,33,35). The maximum Gasteiger partial charge on any atom is 0.329 e. The van der Waals surface area contributed by atoms with Crippen LogP contribution >= 0.6 is 23.1 Å². The number of nitrogens with two attached hydrogens (primary N) is 2. The number of anilines is 1. The number of amides is 4. The predicted octanol–water partition coefficient (Wildman–Crippen LogP) is -0.588. The van der Waals surface area contributed by atoms with Crippen molar-refractivity contribution in [3.63, 3.8) is 0 Å². The molecule has 3 atom stereocenters. The molecule has 278 valence electrons. The van der Waals surface area contributed by atoms with Crippen LogP contribution in [0.5, 0.6) is 0 Å². The number of ether oxygens (including phenoxy) is 3. The molecule has 20 heteroatoms. The molecule has 2 heterocycles. The topological polar surface area (TPSA) is 271 Å². The highest BCUT2D eigenvalue weighted by Gasteiger charge is 2.60. The van der Waals surface area contributed by atoms with E-state index in [4.69, 9.17) is 25.7 Å². The monoisotopic (exact) mass is 749 g/mol. The number of carbonyl (C=O) groups excluding carboxylic acids is 4. The minimum Gasteiger partial charge on any atom is -0.480 e. The van der Waals surface area contributed by atoms with Crippen LogP contribution in [0.2, 0.25) is 0 Å². The summed E-state index contributed by atoms with van der Waals surface area (Å²) in [4.78, 5) is 74.7. The lowest BCUT2D eigenvalue weighted by molar-refractivity contribution is -0.137. The molecule has 1 fully saturated rings. The number of carboxylic acids is 1. The lowest BCUT2D eigenvalue weighted by Crippen LogP contribution is -2.42. The van der Waals surface area contributed by atoms with Gasteiger partial charge in [0.05, 0.1) is 48.6 Å². The summed E-state index contributed by atoms with van der Waals surface area (Å²) >= 11 is 2.69. The first kappa shape index (κ1) is 39.4. The first-order chi connectivity index (χ1) is 24.5. The molecule has 51 heavy (non-hydrogen) atoms. The molecule has 1 aromatic carbocycles. The number of aromatic nitrogens is 1. The van der Waals surface area contributed by atoms with E-state index in [1.54, 1.807) is 25.3 Å². The highest BCUT2D eigenvalue weighted by Crippen LogP contribution is 2.51. The maximum absolute atomic E-state index is 13.7. The normalized spacial score (nSPS) is 19.2. The second-order valence-corrected chi connectivity index (χ2v) is 13.7. The Morgan fingerprint density at radius 3 is 2.59 bits per heavy atom. The number of guanidine groups is 1. The van der Waals surface area contributed by atoms with E-state index in [2.05, 4.69) is 36.2 Å². The Hall–Kier alpha value is -4.37. The van der Waals surface area contributed by atoms with E-state index in [0.29, 0.717) is 72.6 Å². The molecule has 1 aromatic heterocycles. The highest BCUT2D eigenvalue weighted by molar-refractivity contribution is 8.15. The number of methoxy groups -OCH3 is 1. The van der Waals surface area contributed by atoms with E-state index in [1.165, 1.54) is 23.1 Å². The number of carboxylic acid groups (broad SMARTS) is 1. The van der Waals surface area contributed by atoms with Gasteiger partial charge >= 0.3 is 5.97 Å². The summed E-state index contributed by atoms with van der Waals surface area (Å²) in [6.45, 7) is 1.36. The minimum atomic E-state index is -0.979. The third-order valence-corrected chi connectivity index (χ3v) is 10.1. The van der Waals surface area contributed by atoms with E-state index >= 15 is 0 Å². The van der Waals surface area contributed by atoms with Crippen LogP contribution in [-0.4, -0.2) is 128 Å². The number of hydrogen-bond acceptors (Lipinski definition) is 13. The predicted molar refractivity (Wildman–Crippen MR) is 192 cm³/mol. The Bertz CT molecular complexity index is 1630. The smallest absolute Gasteiger partial charge is 0.329 e. The number of hydrogen-bond donors (Lipinski definition) is 7. The molecule has 9 N–H and O–H groups in total. The SMILES string of the molecule is COCCOCCOCC(=O)NCCC(=O)NCC(=O)NC1CC1(CCCN=C(N)N)C(=O)Nc1ccc2nc(C3=NC(C(=O)O)CS3)sc2c1. The molecule has 2 aliphatic rings. The number of rotatable bonds is 22. The summed E-state index contributed by atoms with van der Waals surface area (Å²) in [5, 5.41) is 21.3. The number of nitrogens with one attached hydrogen (secondary N) is 4. The zero-order valence-corrected chi connectivity index (χ0v) is 29.7. The fourth-order valence-electron chi connectivity index (χ4n) is 5.11. The highest BCUT2D eigenvalue weighted by atomic mass is 32.2. The van der Waals surface area contributed by atoms with Crippen molar-refractivity contribution in [1.82, 2.24) is 20.9 Å². The summed E-state index contributed by atoms with van der Waals surface area (Å²) in [7, 11) is 1.57. The van der Waals surface area contributed by atoms with Crippen molar-refractivity contribution in [1.29, 1.82) is 0 Å². The van der Waals surface area contributed by atoms with Crippen LogP contribution in [-0.2, 0) is 38.2 Å². The molecule has 1 aliphatic heterocycles.